The summed E-state index contributed by atoms with van der Waals surface area (Å²) in [5, 5.41) is 0. The van der Waals surface area contributed by atoms with Crippen LogP contribution in [0.25, 0.3) is 0 Å². The Labute approximate surface area is 85.3 Å². The van der Waals surface area contributed by atoms with Gasteiger partial charge in [0.05, 0.1) is 0 Å². The predicted molar refractivity (Wildman–Crippen MR) is 58.1 cm³/mol. The second kappa shape index (κ2) is 2.83. The highest BCUT2D eigenvalue weighted by molar-refractivity contribution is 5.32. The Morgan fingerprint density at radius 1 is 1.14 bits per heavy atom. The van der Waals surface area contributed by atoms with E-state index in [1.165, 1.54) is 32.1 Å². The molecule has 0 radical (unpaired) electrons. The Hall–Kier alpha value is -0.820. The van der Waals surface area contributed by atoms with Crippen molar-refractivity contribution >= 4 is 0 Å². The van der Waals surface area contributed by atoms with Crippen LogP contribution in [0.1, 0.15) is 30.4 Å². The van der Waals surface area contributed by atoms with Crippen LogP contribution in [0.3, 0.4) is 0 Å². The van der Waals surface area contributed by atoms with Crippen LogP contribution >= 0.6 is 0 Å². The zero-order valence-electron chi connectivity index (χ0n) is 8.50. The van der Waals surface area contributed by atoms with Crippen LogP contribution in [0.15, 0.2) is 24.3 Å². The van der Waals surface area contributed by atoms with E-state index < -0.39 is 0 Å². The molecule has 0 saturated heterocycles. The maximum atomic E-state index is 6.16. The first-order chi connectivity index (χ1) is 6.75. The molecule has 1 fully saturated rings. The highest BCUT2D eigenvalue weighted by Crippen LogP contribution is 2.41. The summed E-state index contributed by atoms with van der Waals surface area (Å²) in [4.78, 5) is 0. The average Bonchev–Trinajstić information content (AvgIpc) is 2.77. The summed E-state index contributed by atoms with van der Waals surface area (Å²) < 4.78 is 0. The molecule has 2 aliphatic rings. The van der Waals surface area contributed by atoms with Crippen LogP contribution in [-0.2, 0) is 12.8 Å². The standard InChI is InChI=1S/C13H17N/c14-13(5-6-13)9-10-7-11-3-1-2-4-12(11)8-10/h1-4,10H,5-9,14H2. The van der Waals surface area contributed by atoms with E-state index >= 15 is 0 Å². The van der Waals surface area contributed by atoms with Gasteiger partial charge in [0.15, 0.2) is 0 Å². The lowest BCUT2D eigenvalue weighted by atomic mass is 9.96. The number of nitrogens with two attached hydrogens (primary N) is 1. The Kier molecular flexibility index (Phi) is 1.72. The first kappa shape index (κ1) is 8.49. The zero-order valence-corrected chi connectivity index (χ0v) is 8.50. The van der Waals surface area contributed by atoms with Crippen molar-refractivity contribution < 1.29 is 0 Å². The summed E-state index contributed by atoms with van der Waals surface area (Å²) in [5.74, 6) is 0.819. The molecule has 14 heavy (non-hydrogen) atoms. The molecular weight excluding hydrogens is 170 g/mol. The van der Waals surface area contributed by atoms with Crippen LogP contribution in [-0.4, -0.2) is 5.54 Å². The van der Waals surface area contributed by atoms with Gasteiger partial charge in [0.1, 0.15) is 0 Å². The molecule has 1 aromatic rings. The molecule has 0 amide bonds. The van der Waals surface area contributed by atoms with Gasteiger partial charge in [-0.05, 0) is 49.1 Å². The van der Waals surface area contributed by atoms with Crippen molar-refractivity contribution in [3.05, 3.63) is 35.4 Å². The summed E-state index contributed by atoms with van der Waals surface area (Å²) in [5.41, 5.74) is 9.50. The normalized spacial score (nSPS) is 23.5. The highest BCUT2D eigenvalue weighted by Gasteiger charge is 2.40. The smallest absolute Gasteiger partial charge is 0.0158 e. The van der Waals surface area contributed by atoms with Gasteiger partial charge in [0.25, 0.3) is 0 Å². The molecule has 0 unspecified atom stereocenters. The molecule has 0 bridgehead atoms. The van der Waals surface area contributed by atoms with Crippen molar-refractivity contribution in [3.63, 3.8) is 0 Å². The summed E-state index contributed by atoms with van der Waals surface area (Å²) in [7, 11) is 0. The Morgan fingerprint density at radius 2 is 1.71 bits per heavy atom. The minimum Gasteiger partial charge on any atom is -0.325 e. The quantitative estimate of drug-likeness (QED) is 0.755. The molecule has 2 N–H and O–H groups in total. The maximum absolute atomic E-state index is 6.16. The first-order valence-electron chi connectivity index (χ1n) is 5.61. The summed E-state index contributed by atoms with van der Waals surface area (Å²) in [6, 6.07) is 8.84. The van der Waals surface area contributed by atoms with Gasteiger partial charge in [-0.3, -0.25) is 0 Å². The SMILES string of the molecule is NC1(CC2Cc3ccccc3C2)CC1. The van der Waals surface area contributed by atoms with E-state index in [2.05, 4.69) is 24.3 Å². The van der Waals surface area contributed by atoms with Crippen molar-refractivity contribution in [2.75, 3.05) is 0 Å². The Balaban J connectivity index is 1.72. The van der Waals surface area contributed by atoms with Crippen molar-refractivity contribution in [3.8, 4) is 0 Å². The monoisotopic (exact) mass is 187 g/mol. The first-order valence-corrected chi connectivity index (χ1v) is 5.61. The highest BCUT2D eigenvalue weighted by atomic mass is 14.8. The van der Waals surface area contributed by atoms with E-state index in [1.54, 1.807) is 11.1 Å². The van der Waals surface area contributed by atoms with Gasteiger partial charge in [-0.1, -0.05) is 24.3 Å². The molecule has 1 aromatic carbocycles. The summed E-state index contributed by atoms with van der Waals surface area (Å²) in [6.07, 6.45) is 6.26. The van der Waals surface area contributed by atoms with E-state index in [1.807, 2.05) is 0 Å². The number of hydrogen-bond donors (Lipinski definition) is 1. The maximum Gasteiger partial charge on any atom is 0.0158 e. The molecule has 0 aromatic heterocycles. The number of rotatable bonds is 2. The molecule has 2 aliphatic carbocycles. The second-order valence-corrected chi connectivity index (χ2v) is 5.11. The van der Waals surface area contributed by atoms with E-state index in [0.717, 1.165) is 5.92 Å². The van der Waals surface area contributed by atoms with E-state index in [4.69, 9.17) is 5.73 Å². The Morgan fingerprint density at radius 3 is 2.21 bits per heavy atom. The minimum absolute atomic E-state index is 0.229. The van der Waals surface area contributed by atoms with E-state index in [9.17, 15) is 0 Å². The predicted octanol–water partition coefficient (Wildman–Crippen LogP) is 2.28. The average molecular weight is 187 g/mol. The van der Waals surface area contributed by atoms with E-state index in [-0.39, 0.29) is 5.54 Å². The molecule has 1 saturated carbocycles. The molecule has 0 atom stereocenters. The van der Waals surface area contributed by atoms with Crippen LogP contribution in [0.2, 0.25) is 0 Å². The fraction of sp³-hybridized carbons (Fsp3) is 0.538. The van der Waals surface area contributed by atoms with Gasteiger partial charge in [0.2, 0.25) is 0 Å². The third-order valence-corrected chi connectivity index (χ3v) is 3.72. The van der Waals surface area contributed by atoms with Gasteiger partial charge < -0.3 is 5.73 Å². The molecular formula is C13H17N. The van der Waals surface area contributed by atoms with Gasteiger partial charge in [0, 0.05) is 5.54 Å². The molecule has 1 heteroatoms. The van der Waals surface area contributed by atoms with Crippen LogP contribution < -0.4 is 5.73 Å². The fourth-order valence-corrected chi connectivity index (χ4v) is 2.73. The number of benzene rings is 1. The Bertz CT molecular complexity index is 327. The molecule has 0 spiro atoms. The fourth-order valence-electron chi connectivity index (χ4n) is 2.73. The van der Waals surface area contributed by atoms with Gasteiger partial charge in [-0.15, -0.1) is 0 Å². The second-order valence-electron chi connectivity index (χ2n) is 5.11. The van der Waals surface area contributed by atoms with Crippen molar-refractivity contribution in [1.82, 2.24) is 0 Å². The van der Waals surface area contributed by atoms with Gasteiger partial charge >= 0.3 is 0 Å². The minimum atomic E-state index is 0.229. The molecule has 0 aliphatic heterocycles. The third-order valence-electron chi connectivity index (χ3n) is 3.72. The molecule has 74 valence electrons. The van der Waals surface area contributed by atoms with Crippen molar-refractivity contribution in [2.45, 2.75) is 37.6 Å². The lowest BCUT2D eigenvalue weighted by Crippen LogP contribution is -2.25. The van der Waals surface area contributed by atoms with Crippen molar-refractivity contribution in [1.29, 1.82) is 0 Å². The topological polar surface area (TPSA) is 26.0 Å². The lowest BCUT2D eigenvalue weighted by molar-refractivity contribution is 0.439. The largest absolute Gasteiger partial charge is 0.325 e. The van der Waals surface area contributed by atoms with Crippen LogP contribution in [0, 0.1) is 5.92 Å². The molecule has 3 rings (SSSR count). The zero-order chi connectivity index (χ0) is 9.60. The summed E-state index contributed by atoms with van der Waals surface area (Å²) in [6.45, 7) is 0. The third kappa shape index (κ3) is 1.46. The van der Waals surface area contributed by atoms with Gasteiger partial charge in [-0.25, -0.2) is 0 Å². The summed E-state index contributed by atoms with van der Waals surface area (Å²) >= 11 is 0. The molecule has 0 heterocycles. The lowest BCUT2D eigenvalue weighted by Gasteiger charge is -2.14. The van der Waals surface area contributed by atoms with Gasteiger partial charge in [-0.2, -0.15) is 0 Å². The number of hydrogen-bond acceptors (Lipinski definition) is 1. The van der Waals surface area contributed by atoms with E-state index in [0.29, 0.717) is 0 Å². The van der Waals surface area contributed by atoms with Crippen LogP contribution in [0.4, 0.5) is 0 Å². The number of fused-ring (bicyclic) bond motifs is 1. The van der Waals surface area contributed by atoms with Crippen LogP contribution in [0.5, 0.6) is 0 Å². The van der Waals surface area contributed by atoms with Crippen molar-refractivity contribution in [2.24, 2.45) is 11.7 Å². The molecule has 1 nitrogen and oxygen atoms in total.